The van der Waals surface area contributed by atoms with Gasteiger partial charge in [0.15, 0.2) is 0 Å². The van der Waals surface area contributed by atoms with Gasteiger partial charge in [0.2, 0.25) is 0 Å². The number of halogens is 1. The van der Waals surface area contributed by atoms with E-state index in [2.05, 4.69) is 10.2 Å². The topological polar surface area (TPSA) is 52.6 Å². The van der Waals surface area contributed by atoms with E-state index < -0.39 is 5.97 Å². The van der Waals surface area contributed by atoms with Gasteiger partial charge in [0.1, 0.15) is 0 Å². The molecule has 1 aromatic carbocycles. The van der Waals surface area contributed by atoms with Gasteiger partial charge in [-0.05, 0) is 31.0 Å². The molecule has 1 aliphatic rings. The molecule has 1 aliphatic heterocycles. The van der Waals surface area contributed by atoms with Gasteiger partial charge in [-0.2, -0.15) is 0 Å². The molecule has 0 aliphatic carbocycles. The van der Waals surface area contributed by atoms with Gasteiger partial charge in [-0.1, -0.05) is 17.7 Å². The van der Waals surface area contributed by atoms with Crippen LogP contribution in [0.4, 0.5) is 5.69 Å². The first-order valence-electron chi connectivity index (χ1n) is 6.11. The number of piperidine rings is 1. The third-order valence-electron chi connectivity index (χ3n) is 3.14. The molecule has 4 nitrogen and oxygen atoms in total. The van der Waals surface area contributed by atoms with E-state index in [9.17, 15) is 4.79 Å². The first-order chi connectivity index (χ1) is 8.65. The Kier molecular flexibility index (Phi) is 4.44. The fourth-order valence-electron chi connectivity index (χ4n) is 2.28. The number of nitrogens with one attached hydrogen (secondary N) is 1. The lowest BCUT2D eigenvalue weighted by Gasteiger charge is -2.34. The van der Waals surface area contributed by atoms with Gasteiger partial charge >= 0.3 is 5.97 Å². The molecule has 18 heavy (non-hydrogen) atoms. The van der Waals surface area contributed by atoms with Crippen molar-refractivity contribution in [3.8, 4) is 0 Å². The van der Waals surface area contributed by atoms with E-state index >= 15 is 0 Å². The fourth-order valence-corrected chi connectivity index (χ4v) is 2.47. The second kappa shape index (κ2) is 6.07. The largest absolute Gasteiger partial charge is 0.480 e. The number of carbonyl (C=O) groups is 1. The average molecular weight is 269 g/mol. The predicted octanol–water partition coefficient (Wildman–Crippen LogP) is 1.98. The molecule has 0 radical (unpaired) electrons. The van der Waals surface area contributed by atoms with E-state index in [1.807, 2.05) is 24.3 Å². The van der Waals surface area contributed by atoms with Crippen molar-refractivity contribution >= 4 is 23.3 Å². The number of benzene rings is 1. The summed E-state index contributed by atoms with van der Waals surface area (Å²) in [4.78, 5) is 12.8. The second-order valence-corrected chi connectivity index (χ2v) is 4.98. The van der Waals surface area contributed by atoms with Crippen LogP contribution in [0.1, 0.15) is 12.8 Å². The number of hydrogen-bond acceptors (Lipinski definition) is 3. The highest BCUT2D eigenvalue weighted by atomic mass is 35.5. The van der Waals surface area contributed by atoms with Crippen LogP contribution in [0.3, 0.4) is 0 Å². The molecule has 1 saturated heterocycles. The van der Waals surface area contributed by atoms with Crippen LogP contribution in [0.2, 0.25) is 5.02 Å². The summed E-state index contributed by atoms with van der Waals surface area (Å²) in [6.07, 6.45) is 2.08. The highest BCUT2D eigenvalue weighted by molar-refractivity contribution is 6.30. The summed E-state index contributed by atoms with van der Waals surface area (Å²) in [5, 5.41) is 12.5. The Balaban J connectivity index is 1.96. The lowest BCUT2D eigenvalue weighted by atomic mass is 10.0. The summed E-state index contributed by atoms with van der Waals surface area (Å²) in [5.41, 5.74) is 1.10. The third-order valence-corrected chi connectivity index (χ3v) is 3.37. The smallest absolute Gasteiger partial charge is 0.317 e. The van der Waals surface area contributed by atoms with Crippen LogP contribution < -0.4 is 10.2 Å². The van der Waals surface area contributed by atoms with Crippen LogP contribution >= 0.6 is 11.6 Å². The Morgan fingerprint density at radius 3 is 3.11 bits per heavy atom. The van der Waals surface area contributed by atoms with Crippen molar-refractivity contribution in [1.29, 1.82) is 0 Å². The van der Waals surface area contributed by atoms with Crippen molar-refractivity contribution in [1.82, 2.24) is 5.32 Å². The maximum absolute atomic E-state index is 10.5. The molecule has 98 valence electrons. The minimum absolute atomic E-state index is 0.0219. The summed E-state index contributed by atoms with van der Waals surface area (Å²) in [6, 6.07) is 8.00. The molecule has 1 atom stereocenters. The Labute approximate surface area is 112 Å². The first-order valence-corrected chi connectivity index (χ1v) is 6.48. The van der Waals surface area contributed by atoms with Crippen molar-refractivity contribution < 1.29 is 9.90 Å². The van der Waals surface area contributed by atoms with Crippen molar-refractivity contribution in [2.75, 3.05) is 24.5 Å². The number of nitrogens with zero attached hydrogens (tertiary/aromatic N) is 1. The first kappa shape index (κ1) is 13.2. The van der Waals surface area contributed by atoms with Gasteiger partial charge in [0.05, 0.1) is 6.54 Å². The van der Waals surface area contributed by atoms with Gasteiger partial charge in [0, 0.05) is 29.8 Å². The van der Waals surface area contributed by atoms with Crippen LogP contribution in [0.15, 0.2) is 24.3 Å². The minimum Gasteiger partial charge on any atom is -0.480 e. The van der Waals surface area contributed by atoms with Crippen LogP contribution in [0.5, 0.6) is 0 Å². The highest BCUT2D eigenvalue weighted by Gasteiger charge is 2.20. The lowest BCUT2D eigenvalue weighted by molar-refractivity contribution is -0.136. The molecule has 2 N–H and O–H groups in total. The number of carboxylic acid groups (broad SMARTS) is 1. The van der Waals surface area contributed by atoms with Crippen molar-refractivity contribution in [3.05, 3.63) is 29.3 Å². The Hall–Kier alpha value is -1.26. The maximum Gasteiger partial charge on any atom is 0.317 e. The SMILES string of the molecule is O=C(O)CNC1CCCN(c2cccc(Cl)c2)C1. The maximum atomic E-state index is 10.5. The van der Waals surface area contributed by atoms with E-state index in [4.69, 9.17) is 16.7 Å². The van der Waals surface area contributed by atoms with Gasteiger partial charge in [0.25, 0.3) is 0 Å². The van der Waals surface area contributed by atoms with Gasteiger partial charge in [-0.3, -0.25) is 4.79 Å². The number of aliphatic carboxylic acids is 1. The highest BCUT2D eigenvalue weighted by Crippen LogP contribution is 2.22. The van der Waals surface area contributed by atoms with Gasteiger partial charge < -0.3 is 15.3 Å². The Bertz CT molecular complexity index is 425. The number of anilines is 1. The van der Waals surface area contributed by atoms with E-state index in [1.165, 1.54) is 0 Å². The molecule has 1 unspecified atom stereocenters. The van der Waals surface area contributed by atoms with Crippen molar-refractivity contribution in [3.63, 3.8) is 0 Å². The molecule has 1 aromatic rings. The molecule has 0 amide bonds. The zero-order valence-electron chi connectivity index (χ0n) is 10.1. The molecule has 0 aromatic heterocycles. The summed E-state index contributed by atoms with van der Waals surface area (Å²) < 4.78 is 0. The quantitative estimate of drug-likeness (QED) is 0.877. The summed E-state index contributed by atoms with van der Waals surface area (Å²) in [7, 11) is 0. The molecule has 5 heteroatoms. The van der Waals surface area contributed by atoms with E-state index in [1.54, 1.807) is 0 Å². The monoisotopic (exact) mass is 268 g/mol. The molecule has 0 saturated carbocycles. The zero-order valence-corrected chi connectivity index (χ0v) is 10.9. The standard InChI is InChI=1S/C13H17ClN2O2/c14-10-3-1-5-12(7-10)16-6-2-4-11(9-16)15-8-13(17)18/h1,3,5,7,11,15H,2,4,6,8-9H2,(H,17,18). The zero-order chi connectivity index (χ0) is 13.0. The Morgan fingerprint density at radius 2 is 2.39 bits per heavy atom. The van der Waals surface area contributed by atoms with Gasteiger partial charge in [-0.15, -0.1) is 0 Å². The molecule has 0 spiro atoms. The molecule has 1 fully saturated rings. The molecule has 1 heterocycles. The van der Waals surface area contributed by atoms with Gasteiger partial charge in [-0.25, -0.2) is 0 Å². The number of rotatable bonds is 4. The van der Waals surface area contributed by atoms with E-state index in [0.29, 0.717) is 0 Å². The molecular weight excluding hydrogens is 252 g/mol. The van der Waals surface area contributed by atoms with Crippen molar-refractivity contribution in [2.24, 2.45) is 0 Å². The molecule has 2 rings (SSSR count). The molecular formula is C13H17ClN2O2. The fraction of sp³-hybridized carbons (Fsp3) is 0.462. The summed E-state index contributed by atoms with van der Waals surface area (Å²) in [5.74, 6) is -0.810. The van der Waals surface area contributed by atoms with Crippen LogP contribution in [-0.2, 0) is 4.79 Å². The normalized spacial score (nSPS) is 19.8. The Morgan fingerprint density at radius 1 is 1.56 bits per heavy atom. The predicted molar refractivity (Wildman–Crippen MR) is 72.3 cm³/mol. The number of hydrogen-bond donors (Lipinski definition) is 2. The van der Waals surface area contributed by atoms with Crippen LogP contribution in [0.25, 0.3) is 0 Å². The lowest BCUT2D eigenvalue weighted by Crippen LogP contribution is -2.47. The van der Waals surface area contributed by atoms with Crippen LogP contribution in [0, 0.1) is 0 Å². The second-order valence-electron chi connectivity index (χ2n) is 4.54. The summed E-state index contributed by atoms with van der Waals surface area (Å²) in [6.45, 7) is 1.84. The average Bonchev–Trinajstić information content (AvgIpc) is 2.37. The van der Waals surface area contributed by atoms with E-state index in [0.717, 1.165) is 36.6 Å². The number of carboxylic acids is 1. The van der Waals surface area contributed by atoms with E-state index in [-0.39, 0.29) is 12.6 Å². The molecule has 0 bridgehead atoms. The summed E-state index contributed by atoms with van der Waals surface area (Å²) >= 11 is 5.98. The minimum atomic E-state index is -0.810. The van der Waals surface area contributed by atoms with Crippen LogP contribution in [-0.4, -0.2) is 36.8 Å². The van der Waals surface area contributed by atoms with Crippen molar-refractivity contribution in [2.45, 2.75) is 18.9 Å². The third kappa shape index (κ3) is 3.62.